The van der Waals surface area contributed by atoms with Crippen molar-refractivity contribution in [2.24, 2.45) is 0 Å². The van der Waals surface area contributed by atoms with Crippen molar-refractivity contribution in [1.29, 1.82) is 0 Å². The second-order valence-electron chi connectivity index (χ2n) is 5.02. The van der Waals surface area contributed by atoms with Gasteiger partial charge in [-0.15, -0.1) is 0 Å². The number of nitro groups is 1. The van der Waals surface area contributed by atoms with Crippen molar-refractivity contribution in [2.45, 2.75) is 0 Å². The van der Waals surface area contributed by atoms with Crippen molar-refractivity contribution in [2.75, 3.05) is 38.7 Å². The van der Waals surface area contributed by atoms with Crippen molar-refractivity contribution in [3.05, 3.63) is 35.2 Å². The van der Waals surface area contributed by atoms with Crippen LogP contribution in [0.2, 0.25) is 0 Å². The number of hydrogen-bond acceptors (Lipinski definition) is 8. The molecule has 0 atom stereocenters. The van der Waals surface area contributed by atoms with Gasteiger partial charge in [0.05, 0.1) is 4.92 Å². The minimum absolute atomic E-state index is 0.167. The third-order valence-electron chi connectivity index (χ3n) is 3.50. The number of piperazine rings is 1. The Hall–Kier alpha value is -2.59. The first kappa shape index (κ1) is 14.4. The van der Waals surface area contributed by atoms with Gasteiger partial charge in [0, 0.05) is 38.6 Å². The van der Waals surface area contributed by atoms with Crippen LogP contribution in [0.4, 0.5) is 11.5 Å². The molecule has 1 aliphatic heterocycles. The van der Waals surface area contributed by atoms with Crippen LogP contribution in [-0.4, -0.2) is 67.6 Å². The summed E-state index contributed by atoms with van der Waals surface area (Å²) in [5.74, 6) is 0.377. The predicted octanol–water partition coefficient (Wildman–Crippen LogP) is 0.145. The normalized spacial score (nSPS) is 16.6. The summed E-state index contributed by atoms with van der Waals surface area (Å²) in [7, 11) is 2.04. The molecule has 10 heteroatoms. The number of aromatic nitrogens is 4. The average Bonchev–Trinajstić information content (AvgIpc) is 3.03. The molecule has 0 unspecified atom stereocenters. The monoisotopic (exact) mass is 304 g/mol. The van der Waals surface area contributed by atoms with Crippen molar-refractivity contribution in [1.82, 2.24) is 29.4 Å². The van der Waals surface area contributed by atoms with Gasteiger partial charge in [-0.3, -0.25) is 20.1 Å². The highest BCUT2D eigenvalue weighted by atomic mass is 16.6. The van der Waals surface area contributed by atoms with Crippen LogP contribution in [0.1, 0.15) is 0 Å². The summed E-state index contributed by atoms with van der Waals surface area (Å²) >= 11 is 0. The molecule has 0 spiro atoms. The lowest BCUT2D eigenvalue weighted by Gasteiger charge is -2.32. The Morgan fingerprint density at radius 2 is 2.05 bits per heavy atom. The maximum absolute atomic E-state index is 11.5. The van der Waals surface area contributed by atoms with E-state index in [1.165, 1.54) is 17.2 Å². The van der Waals surface area contributed by atoms with E-state index in [-0.39, 0.29) is 17.3 Å². The molecule has 0 bridgehead atoms. The number of nitrogens with one attached hydrogen (secondary N) is 1. The number of hydrogen-bond donors (Lipinski definition) is 1. The summed E-state index contributed by atoms with van der Waals surface area (Å²) in [6.07, 6.45) is 5.92. The summed E-state index contributed by atoms with van der Waals surface area (Å²) in [4.78, 5) is 25.1. The molecular formula is C12H16N8O2. The van der Waals surface area contributed by atoms with Crippen LogP contribution in [0.15, 0.2) is 25.0 Å². The van der Waals surface area contributed by atoms with Gasteiger partial charge in [-0.05, 0) is 7.05 Å². The Morgan fingerprint density at radius 1 is 1.27 bits per heavy atom. The Morgan fingerprint density at radius 3 is 2.68 bits per heavy atom. The van der Waals surface area contributed by atoms with Crippen LogP contribution in [0, 0.1) is 10.1 Å². The largest absolute Gasteiger partial charge is 0.355 e. The van der Waals surface area contributed by atoms with Crippen molar-refractivity contribution < 1.29 is 4.92 Å². The van der Waals surface area contributed by atoms with E-state index in [4.69, 9.17) is 0 Å². The summed E-state index contributed by atoms with van der Waals surface area (Å²) in [6, 6.07) is 0. The summed E-state index contributed by atoms with van der Waals surface area (Å²) < 4.78 is 1.50. The molecule has 1 aliphatic rings. The number of rotatable bonds is 4. The number of likely N-dealkylation sites (N-methyl/N-ethyl adjacent to an activating group) is 1. The van der Waals surface area contributed by atoms with Gasteiger partial charge >= 0.3 is 5.69 Å². The molecule has 116 valence electrons. The molecule has 3 rings (SSSR count). The van der Waals surface area contributed by atoms with Crippen molar-refractivity contribution >= 4 is 11.5 Å². The highest BCUT2D eigenvalue weighted by molar-refractivity contribution is 5.63. The fraction of sp³-hybridized carbons (Fsp3) is 0.417. The highest BCUT2D eigenvalue weighted by Crippen LogP contribution is 2.27. The molecule has 2 aromatic rings. The Balaban J connectivity index is 1.91. The maximum atomic E-state index is 11.5. The fourth-order valence-corrected chi connectivity index (χ4v) is 2.26. The molecule has 0 aliphatic carbocycles. The minimum Gasteiger partial charge on any atom is -0.304 e. The highest BCUT2D eigenvalue weighted by Gasteiger charge is 2.26. The molecule has 3 heterocycles. The first-order chi connectivity index (χ1) is 10.6. The number of nitrogens with zero attached hydrogens (tertiary/aromatic N) is 7. The summed E-state index contributed by atoms with van der Waals surface area (Å²) in [5.41, 5.74) is 2.87. The van der Waals surface area contributed by atoms with E-state index in [9.17, 15) is 10.1 Å². The molecule has 0 radical (unpaired) electrons. The van der Waals surface area contributed by atoms with Gasteiger partial charge in [-0.2, -0.15) is 0 Å². The Labute approximate surface area is 126 Å². The Bertz CT molecular complexity index is 651. The van der Waals surface area contributed by atoms with E-state index < -0.39 is 4.92 Å². The average molecular weight is 304 g/mol. The second-order valence-corrected chi connectivity index (χ2v) is 5.02. The molecule has 1 N–H and O–H groups in total. The maximum Gasteiger partial charge on any atom is 0.355 e. The summed E-state index contributed by atoms with van der Waals surface area (Å²) in [6.45, 7) is 3.30. The molecule has 0 amide bonds. The molecule has 0 aromatic carbocycles. The van der Waals surface area contributed by atoms with Gasteiger partial charge in [0.25, 0.3) is 0 Å². The van der Waals surface area contributed by atoms with Crippen LogP contribution in [-0.2, 0) is 0 Å². The number of anilines is 1. The van der Waals surface area contributed by atoms with Gasteiger partial charge in [-0.25, -0.2) is 20.0 Å². The molecule has 1 fully saturated rings. The molecule has 10 nitrogen and oxygen atoms in total. The predicted molar refractivity (Wildman–Crippen MR) is 78.5 cm³/mol. The standard InChI is InChI=1S/C12H16N8O2/c1-17-4-6-19(7-5-17)16-11-10(20(21)22)12(15-8-14-11)18-3-2-13-9-18/h2-3,8-9H,4-7H2,1H3,(H,14,15,16). The molecule has 22 heavy (non-hydrogen) atoms. The lowest BCUT2D eigenvalue weighted by molar-refractivity contribution is -0.384. The van der Waals surface area contributed by atoms with E-state index in [1.54, 1.807) is 12.4 Å². The third kappa shape index (κ3) is 2.87. The molecular weight excluding hydrogens is 288 g/mol. The van der Waals surface area contributed by atoms with E-state index in [1.807, 2.05) is 12.1 Å². The molecule has 2 aromatic heterocycles. The van der Waals surface area contributed by atoms with Gasteiger partial charge in [-0.1, -0.05) is 0 Å². The van der Waals surface area contributed by atoms with Crippen LogP contribution in [0.3, 0.4) is 0 Å². The minimum atomic E-state index is -0.478. The first-order valence-corrected chi connectivity index (χ1v) is 6.83. The topological polar surface area (TPSA) is 105 Å². The zero-order chi connectivity index (χ0) is 15.5. The quantitative estimate of drug-likeness (QED) is 0.628. The zero-order valence-electron chi connectivity index (χ0n) is 12.1. The van der Waals surface area contributed by atoms with E-state index >= 15 is 0 Å². The van der Waals surface area contributed by atoms with Gasteiger partial charge in [0.1, 0.15) is 12.7 Å². The van der Waals surface area contributed by atoms with Gasteiger partial charge in [0.15, 0.2) is 0 Å². The third-order valence-corrected chi connectivity index (χ3v) is 3.50. The van der Waals surface area contributed by atoms with E-state index in [0.29, 0.717) is 0 Å². The van der Waals surface area contributed by atoms with Crippen LogP contribution in [0.25, 0.3) is 5.82 Å². The van der Waals surface area contributed by atoms with Crippen molar-refractivity contribution in [3.63, 3.8) is 0 Å². The smallest absolute Gasteiger partial charge is 0.304 e. The SMILES string of the molecule is CN1CCN(Nc2ncnc(-n3ccnc3)c2[N+](=O)[O-])CC1. The first-order valence-electron chi connectivity index (χ1n) is 6.83. The molecule has 1 saturated heterocycles. The number of hydrazine groups is 1. The van der Waals surface area contributed by atoms with Crippen molar-refractivity contribution in [3.8, 4) is 5.82 Å². The van der Waals surface area contributed by atoms with Gasteiger partial charge in [0.2, 0.25) is 11.6 Å². The lowest BCUT2D eigenvalue weighted by atomic mass is 10.4. The van der Waals surface area contributed by atoms with E-state index in [0.717, 1.165) is 26.2 Å². The Kier molecular flexibility index (Phi) is 3.94. The van der Waals surface area contributed by atoms with Crippen LogP contribution >= 0.6 is 0 Å². The van der Waals surface area contributed by atoms with Crippen LogP contribution < -0.4 is 5.43 Å². The van der Waals surface area contributed by atoms with Crippen LogP contribution in [0.5, 0.6) is 0 Å². The number of imidazole rings is 1. The lowest BCUT2D eigenvalue weighted by Crippen LogP contribution is -2.47. The van der Waals surface area contributed by atoms with Gasteiger partial charge < -0.3 is 4.90 Å². The second kappa shape index (κ2) is 6.03. The fourth-order valence-electron chi connectivity index (χ4n) is 2.26. The zero-order valence-corrected chi connectivity index (χ0v) is 12.1. The molecule has 0 saturated carbocycles. The van der Waals surface area contributed by atoms with E-state index in [2.05, 4.69) is 25.3 Å². The summed E-state index contributed by atoms with van der Waals surface area (Å²) in [5, 5.41) is 13.4.